The number of hydrogen-bond acceptors (Lipinski definition) is 2. The van der Waals surface area contributed by atoms with Crippen LogP contribution in [0.3, 0.4) is 0 Å². The quantitative estimate of drug-likeness (QED) is 0.816. The number of hydrogen-bond donors (Lipinski definition) is 1. The van der Waals surface area contributed by atoms with Gasteiger partial charge >= 0.3 is 0 Å². The molecule has 4 heteroatoms. The Morgan fingerprint density at radius 1 is 1.14 bits per heavy atom. The first-order valence-electron chi connectivity index (χ1n) is 6.94. The van der Waals surface area contributed by atoms with E-state index in [2.05, 4.69) is 47.2 Å². The molecule has 0 aromatic heterocycles. The predicted octanol–water partition coefficient (Wildman–Crippen LogP) is 4.67. The van der Waals surface area contributed by atoms with Gasteiger partial charge in [0.25, 0.3) is 0 Å². The normalized spacial score (nSPS) is 10.9. The monoisotopic (exact) mass is 351 g/mol. The van der Waals surface area contributed by atoms with Crippen LogP contribution in [0.4, 0.5) is 4.39 Å². The molecular formula is C17H19BrFNO. The Morgan fingerprint density at radius 2 is 1.86 bits per heavy atom. The summed E-state index contributed by atoms with van der Waals surface area (Å²) in [7, 11) is 0. The Balaban J connectivity index is 2.05. The van der Waals surface area contributed by atoms with Gasteiger partial charge in [0.1, 0.15) is 18.2 Å². The minimum Gasteiger partial charge on any atom is -0.488 e. The number of nitrogens with one attached hydrogen (secondary N) is 1. The van der Waals surface area contributed by atoms with Crippen molar-refractivity contribution in [3.8, 4) is 5.75 Å². The Hall–Kier alpha value is -1.39. The molecule has 112 valence electrons. The topological polar surface area (TPSA) is 21.3 Å². The average molecular weight is 352 g/mol. The first-order chi connectivity index (χ1) is 10.1. The zero-order valence-electron chi connectivity index (χ0n) is 12.2. The fraction of sp³-hybridized carbons (Fsp3) is 0.294. The van der Waals surface area contributed by atoms with E-state index in [1.54, 1.807) is 6.07 Å². The molecule has 1 N–H and O–H groups in total. The highest BCUT2D eigenvalue weighted by molar-refractivity contribution is 9.10. The highest BCUT2D eigenvalue weighted by Gasteiger charge is 2.06. The van der Waals surface area contributed by atoms with E-state index in [-0.39, 0.29) is 5.82 Å². The summed E-state index contributed by atoms with van der Waals surface area (Å²) in [5.41, 5.74) is 2.34. The van der Waals surface area contributed by atoms with Gasteiger partial charge < -0.3 is 10.1 Å². The van der Waals surface area contributed by atoms with E-state index >= 15 is 0 Å². The minimum atomic E-state index is -0.282. The lowest BCUT2D eigenvalue weighted by Gasteiger charge is -2.14. The summed E-state index contributed by atoms with van der Waals surface area (Å²) >= 11 is 3.31. The molecule has 2 nitrogen and oxygen atoms in total. The van der Waals surface area contributed by atoms with Crippen molar-refractivity contribution < 1.29 is 9.13 Å². The molecule has 0 atom stereocenters. The van der Waals surface area contributed by atoms with E-state index in [0.717, 1.165) is 12.1 Å². The van der Waals surface area contributed by atoms with E-state index < -0.39 is 0 Å². The number of ether oxygens (including phenoxy) is 1. The van der Waals surface area contributed by atoms with Crippen molar-refractivity contribution in [1.82, 2.24) is 5.32 Å². The number of halogens is 2. The van der Waals surface area contributed by atoms with Gasteiger partial charge in [0.05, 0.1) is 4.47 Å². The third-order valence-corrected chi connectivity index (χ3v) is 3.72. The molecule has 2 aromatic carbocycles. The lowest BCUT2D eigenvalue weighted by Crippen LogP contribution is -2.22. The molecule has 0 radical (unpaired) electrons. The van der Waals surface area contributed by atoms with Crippen molar-refractivity contribution in [3.05, 3.63) is 63.9 Å². The van der Waals surface area contributed by atoms with Crippen molar-refractivity contribution in [2.45, 2.75) is 33.0 Å². The van der Waals surface area contributed by atoms with Gasteiger partial charge in [-0.2, -0.15) is 0 Å². The first-order valence-corrected chi connectivity index (χ1v) is 7.73. The summed E-state index contributed by atoms with van der Waals surface area (Å²) in [5, 5.41) is 3.40. The van der Waals surface area contributed by atoms with Crippen LogP contribution in [0, 0.1) is 5.82 Å². The van der Waals surface area contributed by atoms with Gasteiger partial charge in [-0.1, -0.05) is 38.1 Å². The Morgan fingerprint density at radius 3 is 2.52 bits per heavy atom. The van der Waals surface area contributed by atoms with Crippen LogP contribution in [0.15, 0.2) is 46.9 Å². The maximum atomic E-state index is 13.1. The lowest BCUT2D eigenvalue weighted by molar-refractivity contribution is 0.302. The van der Waals surface area contributed by atoms with Gasteiger partial charge in [-0.3, -0.25) is 0 Å². The van der Waals surface area contributed by atoms with E-state index in [1.165, 1.54) is 17.7 Å². The van der Waals surface area contributed by atoms with Crippen LogP contribution < -0.4 is 10.1 Å². The van der Waals surface area contributed by atoms with Crippen LogP contribution in [-0.4, -0.2) is 6.04 Å². The zero-order valence-corrected chi connectivity index (χ0v) is 13.8. The van der Waals surface area contributed by atoms with Crippen LogP contribution >= 0.6 is 15.9 Å². The molecule has 0 saturated heterocycles. The molecule has 0 saturated carbocycles. The summed E-state index contributed by atoms with van der Waals surface area (Å²) < 4.78 is 19.5. The predicted molar refractivity (Wildman–Crippen MR) is 86.8 cm³/mol. The van der Waals surface area contributed by atoms with Gasteiger partial charge in [0.2, 0.25) is 0 Å². The molecule has 0 unspecified atom stereocenters. The van der Waals surface area contributed by atoms with Gasteiger partial charge in [-0.15, -0.1) is 0 Å². The summed E-state index contributed by atoms with van der Waals surface area (Å²) in [4.78, 5) is 0. The smallest absolute Gasteiger partial charge is 0.134 e. The van der Waals surface area contributed by atoms with E-state index in [9.17, 15) is 4.39 Å². The summed E-state index contributed by atoms with van der Waals surface area (Å²) in [5.74, 6) is 0.360. The summed E-state index contributed by atoms with van der Waals surface area (Å²) in [6, 6.07) is 13.0. The molecule has 0 aliphatic heterocycles. The number of benzene rings is 2. The highest BCUT2D eigenvalue weighted by Crippen LogP contribution is 2.26. The van der Waals surface area contributed by atoms with E-state index in [4.69, 9.17) is 4.74 Å². The molecule has 2 rings (SSSR count). The fourth-order valence-electron chi connectivity index (χ4n) is 1.93. The fourth-order valence-corrected chi connectivity index (χ4v) is 2.40. The molecule has 0 aliphatic rings. The van der Waals surface area contributed by atoms with Crippen LogP contribution in [0.25, 0.3) is 0 Å². The number of rotatable bonds is 6. The van der Waals surface area contributed by atoms with Crippen LogP contribution in [-0.2, 0) is 13.2 Å². The van der Waals surface area contributed by atoms with Crippen LogP contribution in [0.5, 0.6) is 5.75 Å². The maximum Gasteiger partial charge on any atom is 0.134 e. The van der Waals surface area contributed by atoms with Crippen molar-refractivity contribution in [2.24, 2.45) is 0 Å². The zero-order chi connectivity index (χ0) is 15.2. The second-order valence-electron chi connectivity index (χ2n) is 5.17. The molecule has 21 heavy (non-hydrogen) atoms. The van der Waals surface area contributed by atoms with Crippen LogP contribution in [0.2, 0.25) is 0 Å². The van der Waals surface area contributed by atoms with Gasteiger partial charge in [-0.25, -0.2) is 4.39 Å². The second-order valence-corrected chi connectivity index (χ2v) is 6.02. The Bertz CT molecular complexity index is 601. The van der Waals surface area contributed by atoms with Crippen molar-refractivity contribution >= 4 is 15.9 Å². The summed E-state index contributed by atoms with van der Waals surface area (Å²) in [6.07, 6.45) is 0. The third-order valence-electron chi connectivity index (χ3n) is 3.10. The maximum absolute atomic E-state index is 13.1. The highest BCUT2D eigenvalue weighted by atomic mass is 79.9. The van der Waals surface area contributed by atoms with Crippen molar-refractivity contribution in [1.29, 1.82) is 0 Å². The van der Waals surface area contributed by atoms with Crippen molar-refractivity contribution in [2.75, 3.05) is 0 Å². The molecule has 0 heterocycles. The molecular weight excluding hydrogens is 333 g/mol. The molecule has 2 aromatic rings. The van der Waals surface area contributed by atoms with E-state index in [1.807, 2.05) is 12.1 Å². The second kappa shape index (κ2) is 7.57. The van der Waals surface area contributed by atoms with Gasteiger partial charge in [-0.05, 0) is 45.3 Å². The molecule has 0 fully saturated rings. The van der Waals surface area contributed by atoms with Gasteiger partial charge in [0, 0.05) is 12.6 Å². The van der Waals surface area contributed by atoms with E-state index in [0.29, 0.717) is 22.9 Å². The third kappa shape index (κ3) is 4.83. The standard InChI is InChI=1S/C17H19BrFNO/c1-12(2)20-10-13-5-3-4-6-14(13)11-21-17-8-7-15(19)9-16(17)18/h3-9,12,20H,10-11H2,1-2H3. The molecule has 0 bridgehead atoms. The first kappa shape index (κ1) is 16.0. The summed E-state index contributed by atoms with van der Waals surface area (Å²) in [6.45, 7) is 5.51. The molecule has 0 amide bonds. The van der Waals surface area contributed by atoms with Crippen LogP contribution in [0.1, 0.15) is 25.0 Å². The Labute approximate surface area is 133 Å². The average Bonchev–Trinajstić information content (AvgIpc) is 2.45. The Kier molecular flexibility index (Phi) is 5.76. The largest absolute Gasteiger partial charge is 0.488 e. The lowest BCUT2D eigenvalue weighted by atomic mass is 10.1. The van der Waals surface area contributed by atoms with Crippen molar-refractivity contribution in [3.63, 3.8) is 0 Å². The molecule has 0 aliphatic carbocycles. The molecule has 0 spiro atoms. The van der Waals surface area contributed by atoms with Gasteiger partial charge in [0.15, 0.2) is 0 Å². The SMILES string of the molecule is CC(C)NCc1ccccc1COc1ccc(F)cc1Br. The minimum absolute atomic E-state index is 0.282.